The molecule has 0 heterocycles. The molecule has 1 rings (SSSR count). The lowest BCUT2D eigenvalue weighted by Crippen LogP contribution is -2.13. The molecule has 3 unspecified atom stereocenters. The van der Waals surface area contributed by atoms with Crippen LogP contribution in [0.5, 0.6) is 0 Å². The van der Waals surface area contributed by atoms with Crippen molar-refractivity contribution in [1.29, 1.82) is 0 Å². The summed E-state index contributed by atoms with van der Waals surface area (Å²) >= 11 is 6.01. The maximum atomic E-state index is 6.01. The van der Waals surface area contributed by atoms with Crippen molar-refractivity contribution in [3.63, 3.8) is 0 Å². The molecular weight excluding hydrogens is 142 g/mol. The molecule has 0 aromatic heterocycles. The zero-order valence-electron chi connectivity index (χ0n) is 6.26. The maximum absolute atomic E-state index is 6.01. The van der Waals surface area contributed by atoms with Crippen LogP contribution in [0.1, 0.15) is 13.3 Å². The Bertz CT molecular complexity index is 121. The molecule has 3 atom stereocenters. The summed E-state index contributed by atoms with van der Waals surface area (Å²) in [5, 5.41) is 0.221. The summed E-state index contributed by atoms with van der Waals surface area (Å²) in [6.45, 7) is 2.19. The van der Waals surface area contributed by atoms with Gasteiger partial charge in [-0.25, -0.2) is 0 Å². The smallest absolute Gasteiger partial charge is 0.0653 e. The summed E-state index contributed by atoms with van der Waals surface area (Å²) in [7, 11) is 5.45. The van der Waals surface area contributed by atoms with Crippen LogP contribution in [0.25, 0.3) is 0 Å². The van der Waals surface area contributed by atoms with Gasteiger partial charge >= 0.3 is 0 Å². The monoisotopic (exact) mass is 154 g/mol. The Morgan fingerprint density at radius 3 is 2.60 bits per heavy atom. The summed E-state index contributed by atoms with van der Waals surface area (Å²) in [4.78, 5) is 0. The normalized spacial score (nSPS) is 38.8. The predicted octanol–water partition coefficient (Wildman–Crippen LogP) is 2.39. The molecule has 0 nitrogen and oxygen atoms in total. The largest absolute Gasteiger partial charge is 0.118 e. The van der Waals surface area contributed by atoms with Crippen LogP contribution in [0, 0.1) is 11.8 Å². The number of hydrogen-bond donors (Lipinski definition) is 0. The van der Waals surface area contributed by atoms with Crippen molar-refractivity contribution in [2.24, 2.45) is 11.8 Å². The quantitative estimate of drug-likeness (QED) is 0.325. The first-order valence-corrected chi connectivity index (χ1v) is 4.22. The molecule has 1 aliphatic rings. The van der Waals surface area contributed by atoms with Gasteiger partial charge in [0.05, 0.1) is 13.2 Å². The van der Waals surface area contributed by atoms with E-state index in [9.17, 15) is 0 Å². The molecule has 0 fully saturated rings. The van der Waals surface area contributed by atoms with Gasteiger partial charge in [0, 0.05) is 0 Å². The molecule has 1 aliphatic carbocycles. The second-order valence-corrected chi connectivity index (χ2v) is 3.43. The van der Waals surface area contributed by atoms with Crippen molar-refractivity contribution in [2.75, 3.05) is 0 Å². The number of alkyl halides is 1. The third-order valence-electron chi connectivity index (χ3n) is 2.18. The van der Waals surface area contributed by atoms with Crippen molar-refractivity contribution in [1.82, 2.24) is 0 Å². The molecule has 0 spiro atoms. The van der Waals surface area contributed by atoms with E-state index < -0.39 is 0 Å². The van der Waals surface area contributed by atoms with Crippen molar-refractivity contribution >= 4 is 19.4 Å². The van der Waals surface area contributed by atoms with Crippen LogP contribution < -0.4 is 0 Å². The van der Waals surface area contributed by atoms with E-state index in [2.05, 4.69) is 19.1 Å². The molecule has 54 valence electrons. The van der Waals surface area contributed by atoms with Crippen LogP contribution in [-0.4, -0.2) is 13.2 Å². The molecule has 10 heavy (non-hydrogen) atoms. The third kappa shape index (κ3) is 1.57. The van der Waals surface area contributed by atoms with Crippen LogP contribution in [0.15, 0.2) is 12.2 Å². The summed E-state index contributed by atoms with van der Waals surface area (Å²) < 4.78 is 0. The Labute approximate surface area is 69.1 Å². The van der Waals surface area contributed by atoms with Gasteiger partial charge in [-0.05, 0) is 11.8 Å². The molecule has 0 aliphatic heterocycles. The van der Waals surface area contributed by atoms with E-state index in [1.165, 1.54) is 0 Å². The van der Waals surface area contributed by atoms with E-state index in [0.29, 0.717) is 11.8 Å². The predicted molar refractivity (Wildman–Crippen MR) is 46.6 cm³/mol. The first-order valence-electron chi connectivity index (χ1n) is 3.78. The summed E-state index contributed by atoms with van der Waals surface area (Å²) in [5.41, 5.74) is 0. The number of allylic oxidation sites excluding steroid dienone is 2. The highest BCUT2D eigenvalue weighted by Crippen LogP contribution is 2.32. The fraction of sp³-hybridized carbons (Fsp3) is 0.750. The topological polar surface area (TPSA) is 0 Å². The van der Waals surface area contributed by atoms with Crippen LogP contribution in [0.2, 0.25) is 6.32 Å². The Hall–Kier alpha value is 0.0949. The van der Waals surface area contributed by atoms with Crippen LogP contribution in [0.3, 0.4) is 0 Å². The van der Waals surface area contributed by atoms with E-state index in [4.69, 9.17) is 19.4 Å². The Kier molecular flexibility index (Phi) is 2.85. The Balaban J connectivity index is 2.43. The van der Waals surface area contributed by atoms with E-state index >= 15 is 0 Å². The highest BCUT2D eigenvalue weighted by Gasteiger charge is 2.25. The lowest BCUT2D eigenvalue weighted by Gasteiger charge is -2.17. The van der Waals surface area contributed by atoms with Crippen LogP contribution in [0.4, 0.5) is 0 Å². The van der Waals surface area contributed by atoms with Gasteiger partial charge in [-0.3, -0.25) is 0 Å². The van der Waals surface area contributed by atoms with Gasteiger partial charge in [-0.15, -0.1) is 11.6 Å². The average molecular weight is 154 g/mol. The van der Waals surface area contributed by atoms with Gasteiger partial charge in [0.15, 0.2) is 0 Å². The van der Waals surface area contributed by atoms with Gasteiger partial charge < -0.3 is 0 Å². The summed E-state index contributed by atoms with van der Waals surface area (Å²) in [5.74, 6) is 1.19. The standard InChI is InChI=1S/C8H12BCl/c1-6-2-3-8(10)7(6)4-5-9/h2-3,6-8H,4-5H2,1H3. The average Bonchev–Trinajstić information content (AvgIpc) is 2.20. The van der Waals surface area contributed by atoms with Crippen LogP contribution in [-0.2, 0) is 0 Å². The lowest BCUT2D eigenvalue weighted by atomic mass is 9.87. The van der Waals surface area contributed by atoms with Gasteiger partial charge in [-0.1, -0.05) is 31.8 Å². The van der Waals surface area contributed by atoms with E-state index in [1.807, 2.05) is 0 Å². The molecule has 0 amide bonds. The molecule has 0 saturated carbocycles. The minimum absolute atomic E-state index is 0.221. The number of halogens is 1. The van der Waals surface area contributed by atoms with Crippen molar-refractivity contribution in [2.45, 2.75) is 25.0 Å². The minimum Gasteiger partial charge on any atom is -0.118 e. The molecule has 0 N–H and O–H groups in total. The van der Waals surface area contributed by atoms with Gasteiger partial charge in [0.1, 0.15) is 0 Å². The van der Waals surface area contributed by atoms with E-state index in [-0.39, 0.29) is 5.38 Å². The fourth-order valence-electron chi connectivity index (χ4n) is 1.47. The molecular formula is C8H12BCl. The minimum atomic E-state index is 0.221. The maximum Gasteiger partial charge on any atom is 0.0653 e. The fourth-order valence-corrected chi connectivity index (χ4v) is 1.91. The van der Waals surface area contributed by atoms with Crippen molar-refractivity contribution in [3.8, 4) is 0 Å². The SMILES string of the molecule is [B]CCC1C(C)C=CC1Cl. The van der Waals surface area contributed by atoms with Crippen LogP contribution >= 0.6 is 11.6 Å². The van der Waals surface area contributed by atoms with Gasteiger partial charge in [0.25, 0.3) is 0 Å². The Morgan fingerprint density at radius 1 is 1.50 bits per heavy atom. The number of rotatable bonds is 2. The molecule has 0 saturated heterocycles. The lowest BCUT2D eigenvalue weighted by molar-refractivity contribution is 0.444. The molecule has 2 radical (unpaired) electrons. The first-order chi connectivity index (χ1) is 4.75. The number of hydrogen-bond acceptors (Lipinski definition) is 0. The van der Waals surface area contributed by atoms with Gasteiger partial charge in [0.2, 0.25) is 0 Å². The van der Waals surface area contributed by atoms with E-state index in [0.717, 1.165) is 12.7 Å². The molecule has 0 aromatic rings. The Morgan fingerprint density at radius 2 is 2.20 bits per heavy atom. The van der Waals surface area contributed by atoms with Gasteiger partial charge in [-0.2, -0.15) is 0 Å². The third-order valence-corrected chi connectivity index (χ3v) is 2.65. The highest BCUT2D eigenvalue weighted by molar-refractivity contribution is 6.22. The van der Waals surface area contributed by atoms with Crippen molar-refractivity contribution < 1.29 is 0 Å². The first kappa shape index (κ1) is 8.19. The zero-order chi connectivity index (χ0) is 7.56. The highest BCUT2D eigenvalue weighted by atomic mass is 35.5. The second kappa shape index (κ2) is 3.48. The second-order valence-electron chi connectivity index (χ2n) is 2.93. The van der Waals surface area contributed by atoms with E-state index in [1.54, 1.807) is 0 Å². The summed E-state index contributed by atoms with van der Waals surface area (Å²) in [6.07, 6.45) is 6.05. The molecule has 0 aromatic carbocycles. The van der Waals surface area contributed by atoms with Crippen molar-refractivity contribution in [3.05, 3.63) is 12.2 Å². The summed E-state index contributed by atoms with van der Waals surface area (Å²) in [6, 6.07) is 0. The zero-order valence-corrected chi connectivity index (χ0v) is 7.01. The molecule has 0 bridgehead atoms. The molecule has 2 heteroatoms.